The van der Waals surface area contributed by atoms with Crippen LogP contribution in [0.3, 0.4) is 0 Å². The Balaban J connectivity index is 1.25. The molecule has 2 atom stereocenters. The van der Waals surface area contributed by atoms with Gasteiger partial charge < -0.3 is 4.90 Å². The van der Waals surface area contributed by atoms with E-state index in [-0.39, 0.29) is 5.91 Å². The van der Waals surface area contributed by atoms with Crippen molar-refractivity contribution < 1.29 is 4.79 Å². The van der Waals surface area contributed by atoms with E-state index in [0.29, 0.717) is 23.4 Å². The van der Waals surface area contributed by atoms with Crippen molar-refractivity contribution in [2.24, 2.45) is 11.8 Å². The molecular weight excluding hydrogens is 328 g/mol. The maximum atomic E-state index is 13.0. The van der Waals surface area contributed by atoms with Crippen LogP contribution < -0.4 is 0 Å². The average molecular weight is 352 g/mol. The number of carbonyl (C=O) groups excluding carboxylic acids is 1. The number of H-pyrrole nitrogens is 1. The SMILES string of the molecule is O=C(c1cc2n(n1)CCC2)N1C[C@@H](c2nc(C3CC3)n[nH]2)[C@H](C2CC2)C1. The number of hydrogen-bond donors (Lipinski definition) is 1. The molecule has 1 saturated heterocycles. The van der Waals surface area contributed by atoms with Gasteiger partial charge in [-0.05, 0) is 56.4 Å². The summed E-state index contributed by atoms with van der Waals surface area (Å²) in [4.78, 5) is 19.8. The first-order chi connectivity index (χ1) is 12.8. The maximum absolute atomic E-state index is 13.0. The van der Waals surface area contributed by atoms with Crippen molar-refractivity contribution in [3.63, 3.8) is 0 Å². The van der Waals surface area contributed by atoms with Gasteiger partial charge in [-0.15, -0.1) is 0 Å². The number of aromatic nitrogens is 5. The fourth-order valence-corrected chi connectivity index (χ4v) is 4.79. The molecule has 1 N–H and O–H groups in total. The van der Waals surface area contributed by atoms with Gasteiger partial charge in [-0.2, -0.15) is 10.2 Å². The molecule has 4 heterocycles. The Kier molecular flexibility index (Phi) is 3.11. The lowest BCUT2D eigenvalue weighted by Gasteiger charge is -2.14. The molecule has 7 heteroatoms. The molecule has 2 aromatic rings. The molecule has 7 nitrogen and oxygen atoms in total. The van der Waals surface area contributed by atoms with Crippen LogP contribution in [0.1, 0.15) is 71.8 Å². The van der Waals surface area contributed by atoms with Gasteiger partial charge in [0.2, 0.25) is 0 Å². The predicted molar refractivity (Wildman–Crippen MR) is 93.8 cm³/mol. The molecule has 0 spiro atoms. The summed E-state index contributed by atoms with van der Waals surface area (Å²) in [5, 5.41) is 12.2. The quantitative estimate of drug-likeness (QED) is 0.914. The highest BCUT2D eigenvalue weighted by atomic mass is 16.2. The lowest BCUT2D eigenvalue weighted by Crippen LogP contribution is -2.29. The van der Waals surface area contributed by atoms with E-state index in [2.05, 4.69) is 15.3 Å². The fourth-order valence-electron chi connectivity index (χ4n) is 4.79. The first-order valence-corrected chi connectivity index (χ1v) is 10.0. The largest absolute Gasteiger partial charge is 0.336 e. The highest BCUT2D eigenvalue weighted by Crippen LogP contribution is 2.47. The van der Waals surface area contributed by atoms with Gasteiger partial charge in [0.1, 0.15) is 5.82 Å². The summed E-state index contributed by atoms with van der Waals surface area (Å²) in [5.41, 5.74) is 1.82. The van der Waals surface area contributed by atoms with Crippen molar-refractivity contribution >= 4 is 5.91 Å². The van der Waals surface area contributed by atoms with Crippen LogP contribution in [0.25, 0.3) is 0 Å². The number of aryl methyl sites for hydroxylation is 2. The third-order valence-corrected chi connectivity index (χ3v) is 6.58. The van der Waals surface area contributed by atoms with Crippen molar-refractivity contribution in [2.45, 2.75) is 56.9 Å². The number of carbonyl (C=O) groups is 1. The van der Waals surface area contributed by atoms with E-state index in [1.54, 1.807) is 0 Å². The Morgan fingerprint density at radius 3 is 2.85 bits per heavy atom. The number of aromatic amines is 1. The summed E-state index contributed by atoms with van der Waals surface area (Å²) in [6.45, 7) is 2.51. The van der Waals surface area contributed by atoms with E-state index >= 15 is 0 Å². The zero-order valence-electron chi connectivity index (χ0n) is 14.9. The third-order valence-electron chi connectivity index (χ3n) is 6.58. The molecule has 0 radical (unpaired) electrons. The van der Waals surface area contributed by atoms with E-state index in [1.165, 1.54) is 31.4 Å². The van der Waals surface area contributed by atoms with Crippen molar-refractivity contribution in [3.05, 3.63) is 29.1 Å². The molecule has 3 fully saturated rings. The van der Waals surface area contributed by atoms with E-state index in [9.17, 15) is 4.79 Å². The number of amides is 1. The van der Waals surface area contributed by atoms with Crippen LogP contribution in [0, 0.1) is 11.8 Å². The van der Waals surface area contributed by atoms with Crippen molar-refractivity contribution in [1.29, 1.82) is 0 Å². The fraction of sp³-hybridized carbons (Fsp3) is 0.684. The van der Waals surface area contributed by atoms with E-state index in [0.717, 1.165) is 50.0 Å². The van der Waals surface area contributed by atoms with Crippen LogP contribution >= 0.6 is 0 Å². The first-order valence-electron chi connectivity index (χ1n) is 10.0. The predicted octanol–water partition coefficient (Wildman–Crippen LogP) is 2.09. The van der Waals surface area contributed by atoms with Crippen LogP contribution in [-0.2, 0) is 13.0 Å². The van der Waals surface area contributed by atoms with Crippen molar-refractivity contribution in [3.8, 4) is 0 Å². The Labute approximate surface area is 152 Å². The number of hydrogen-bond acceptors (Lipinski definition) is 4. The lowest BCUT2D eigenvalue weighted by atomic mass is 9.91. The minimum absolute atomic E-state index is 0.0852. The first kappa shape index (κ1) is 14.9. The zero-order valence-corrected chi connectivity index (χ0v) is 14.9. The van der Waals surface area contributed by atoms with Crippen molar-refractivity contribution in [2.75, 3.05) is 13.1 Å². The topological polar surface area (TPSA) is 79.7 Å². The lowest BCUT2D eigenvalue weighted by molar-refractivity contribution is 0.0778. The second-order valence-electron chi connectivity index (χ2n) is 8.52. The molecule has 26 heavy (non-hydrogen) atoms. The number of fused-ring (bicyclic) bond motifs is 1. The van der Waals surface area contributed by atoms with E-state index < -0.39 is 0 Å². The van der Waals surface area contributed by atoms with Crippen LogP contribution in [0.15, 0.2) is 6.07 Å². The van der Waals surface area contributed by atoms with Crippen LogP contribution in [0.5, 0.6) is 0 Å². The van der Waals surface area contributed by atoms with E-state index in [1.807, 2.05) is 15.6 Å². The Morgan fingerprint density at radius 1 is 1.19 bits per heavy atom. The summed E-state index contributed by atoms with van der Waals surface area (Å²) in [6, 6.07) is 1.99. The monoisotopic (exact) mass is 352 g/mol. The Hall–Kier alpha value is -2.18. The minimum atomic E-state index is 0.0852. The third kappa shape index (κ3) is 2.40. The van der Waals surface area contributed by atoms with Gasteiger partial charge >= 0.3 is 0 Å². The average Bonchev–Trinajstić information content (AvgIpc) is 3.45. The molecular formula is C19H24N6O. The Morgan fingerprint density at radius 2 is 2.08 bits per heavy atom. The highest BCUT2D eigenvalue weighted by Gasteiger charge is 2.46. The minimum Gasteiger partial charge on any atom is -0.336 e. The van der Waals surface area contributed by atoms with Gasteiger partial charge in [0.15, 0.2) is 11.5 Å². The maximum Gasteiger partial charge on any atom is 0.274 e. The summed E-state index contributed by atoms with van der Waals surface area (Å²) in [7, 11) is 0. The molecule has 0 aromatic carbocycles. The smallest absolute Gasteiger partial charge is 0.274 e. The van der Waals surface area contributed by atoms with Gasteiger partial charge in [0.05, 0.1) is 0 Å². The molecule has 2 aliphatic carbocycles. The molecule has 2 aliphatic heterocycles. The number of nitrogens with one attached hydrogen (secondary N) is 1. The molecule has 0 unspecified atom stereocenters. The molecule has 2 saturated carbocycles. The van der Waals surface area contributed by atoms with Crippen LogP contribution in [-0.4, -0.2) is 48.9 Å². The van der Waals surface area contributed by atoms with Crippen LogP contribution in [0.2, 0.25) is 0 Å². The summed E-state index contributed by atoms with van der Waals surface area (Å²) in [5.74, 6) is 4.15. The van der Waals surface area contributed by atoms with Gasteiger partial charge in [0.25, 0.3) is 5.91 Å². The Bertz CT molecular complexity index is 840. The van der Waals surface area contributed by atoms with Gasteiger partial charge in [-0.3, -0.25) is 14.6 Å². The second-order valence-corrected chi connectivity index (χ2v) is 8.52. The van der Waals surface area contributed by atoms with Gasteiger partial charge in [-0.25, -0.2) is 4.98 Å². The number of rotatable bonds is 4. The van der Waals surface area contributed by atoms with Crippen LogP contribution in [0.4, 0.5) is 0 Å². The van der Waals surface area contributed by atoms with Gasteiger partial charge in [-0.1, -0.05) is 0 Å². The summed E-state index contributed by atoms with van der Waals surface area (Å²) >= 11 is 0. The number of nitrogens with zero attached hydrogens (tertiary/aromatic N) is 5. The standard InChI is InChI=1S/C19H24N6O/c26-19(16-8-13-2-1-7-25(13)23-16)24-9-14(11-3-4-11)15(10-24)18-20-17(21-22-18)12-5-6-12/h8,11-12,14-15H,1-7,9-10H2,(H,20,21,22)/t14-,15+/m0/s1. The molecule has 1 amide bonds. The molecule has 2 aromatic heterocycles. The molecule has 4 aliphatic rings. The highest BCUT2D eigenvalue weighted by molar-refractivity contribution is 5.92. The zero-order chi connectivity index (χ0) is 17.3. The summed E-state index contributed by atoms with van der Waals surface area (Å²) in [6.07, 6.45) is 7.17. The second kappa shape index (κ2) is 5.41. The van der Waals surface area contributed by atoms with Crippen molar-refractivity contribution in [1.82, 2.24) is 29.9 Å². The van der Waals surface area contributed by atoms with E-state index in [4.69, 9.17) is 4.98 Å². The molecule has 0 bridgehead atoms. The molecule has 6 rings (SSSR count). The summed E-state index contributed by atoms with van der Waals surface area (Å²) < 4.78 is 2.00. The normalized spacial score (nSPS) is 27.9. The number of likely N-dealkylation sites (tertiary alicyclic amines) is 1. The van der Waals surface area contributed by atoms with Gasteiger partial charge in [0, 0.05) is 37.2 Å². The molecule has 136 valence electrons.